The van der Waals surface area contributed by atoms with Crippen molar-refractivity contribution in [2.75, 3.05) is 17.7 Å². The number of amides is 1. The number of aromatic nitrogens is 1. The zero-order chi connectivity index (χ0) is 17.1. The van der Waals surface area contributed by atoms with Crippen LogP contribution < -0.4 is 15.4 Å². The number of aryl methyl sites for hydroxylation is 1. The SMILES string of the molecule is COc1ccccc1NC(=O)[C@@H](C)Nc1ccc2oc(C)nc2c1. The van der Waals surface area contributed by atoms with Crippen molar-refractivity contribution in [3.8, 4) is 5.75 Å². The lowest BCUT2D eigenvalue weighted by Gasteiger charge is -2.16. The summed E-state index contributed by atoms with van der Waals surface area (Å²) in [6.07, 6.45) is 0. The summed E-state index contributed by atoms with van der Waals surface area (Å²) in [7, 11) is 1.57. The molecule has 6 heteroatoms. The van der Waals surface area contributed by atoms with Crippen LogP contribution in [0.5, 0.6) is 5.75 Å². The number of hydrogen-bond donors (Lipinski definition) is 2. The highest BCUT2D eigenvalue weighted by atomic mass is 16.5. The summed E-state index contributed by atoms with van der Waals surface area (Å²) in [6.45, 7) is 3.60. The quantitative estimate of drug-likeness (QED) is 0.750. The van der Waals surface area contributed by atoms with Crippen molar-refractivity contribution in [1.29, 1.82) is 0 Å². The summed E-state index contributed by atoms with van der Waals surface area (Å²) in [4.78, 5) is 16.7. The fraction of sp³-hybridized carbons (Fsp3) is 0.222. The van der Waals surface area contributed by atoms with Gasteiger partial charge in [-0.25, -0.2) is 4.98 Å². The van der Waals surface area contributed by atoms with E-state index in [1.165, 1.54) is 0 Å². The van der Waals surface area contributed by atoms with Crippen LogP contribution in [-0.2, 0) is 4.79 Å². The van der Waals surface area contributed by atoms with Gasteiger partial charge in [0.15, 0.2) is 11.5 Å². The number of ether oxygens (including phenoxy) is 1. The standard InChI is InChI=1S/C18H19N3O3/c1-11(18(22)21-14-6-4-5-7-16(14)23-3)19-13-8-9-17-15(10-13)20-12(2)24-17/h4-11,19H,1-3H3,(H,21,22)/t11-/m1/s1. The van der Waals surface area contributed by atoms with Crippen molar-refractivity contribution in [3.05, 3.63) is 48.4 Å². The van der Waals surface area contributed by atoms with Crippen molar-refractivity contribution in [2.45, 2.75) is 19.9 Å². The lowest BCUT2D eigenvalue weighted by Crippen LogP contribution is -2.31. The monoisotopic (exact) mass is 325 g/mol. The number of hydrogen-bond acceptors (Lipinski definition) is 5. The maximum atomic E-state index is 12.4. The molecule has 0 aliphatic carbocycles. The van der Waals surface area contributed by atoms with E-state index in [1.807, 2.05) is 30.3 Å². The lowest BCUT2D eigenvalue weighted by molar-refractivity contribution is -0.116. The Labute approximate surface area is 139 Å². The van der Waals surface area contributed by atoms with Crippen molar-refractivity contribution in [2.24, 2.45) is 0 Å². The molecule has 1 amide bonds. The summed E-state index contributed by atoms with van der Waals surface area (Å²) in [5, 5.41) is 6.03. The van der Waals surface area contributed by atoms with Gasteiger partial charge in [-0.3, -0.25) is 4.79 Å². The van der Waals surface area contributed by atoms with Crippen LogP contribution >= 0.6 is 0 Å². The number of carbonyl (C=O) groups excluding carboxylic acids is 1. The molecule has 3 aromatic rings. The van der Waals surface area contributed by atoms with Gasteiger partial charge >= 0.3 is 0 Å². The second kappa shape index (κ2) is 6.62. The van der Waals surface area contributed by atoms with Gasteiger partial charge in [0.1, 0.15) is 17.3 Å². The number of anilines is 2. The largest absolute Gasteiger partial charge is 0.495 e. The minimum Gasteiger partial charge on any atom is -0.495 e. The highest BCUT2D eigenvalue weighted by Crippen LogP contribution is 2.24. The molecule has 124 valence electrons. The van der Waals surface area contributed by atoms with Gasteiger partial charge in [0, 0.05) is 12.6 Å². The molecule has 0 bridgehead atoms. The molecule has 0 aliphatic heterocycles. The summed E-state index contributed by atoms with van der Waals surface area (Å²) in [5.74, 6) is 1.08. The topological polar surface area (TPSA) is 76.4 Å². The third-order valence-corrected chi connectivity index (χ3v) is 3.64. The maximum absolute atomic E-state index is 12.4. The van der Waals surface area contributed by atoms with Crippen LogP contribution in [0, 0.1) is 6.92 Å². The van der Waals surface area contributed by atoms with Gasteiger partial charge in [0.2, 0.25) is 5.91 Å². The zero-order valence-corrected chi connectivity index (χ0v) is 13.8. The number of benzene rings is 2. The van der Waals surface area contributed by atoms with E-state index in [9.17, 15) is 4.79 Å². The van der Waals surface area contributed by atoms with Crippen LogP contribution in [0.4, 0.5) is 11.4 Å². The molecule has 24 heavy (non-hydrogen) atoms. The molecule has 2 N–H and O–H groups in total. The summed E-state index contributed by atoms with van der Waals surface area (Å²) in [6, 6.07) is 12.4. The van der Waals surface area contributed by atoms with Crippen LogP contribution in [0.2, 0.25) is 0 Å². The number of oxazole rings is 1. The van der Waals surface area contributed by atoms with Gasteiger partial charge in [-0.05, 0) is 37.3 Å². The minimum absolute atomic E-state index is 0.157. The first-order valence-corrected chi connectivity index (χ1v) is 7.64. The van der Waals surface area contributed by atoms with Gasteiger partial charge in [-0.1, -0.05) is 12.1 Å². The molecule has 1 heterocycles. The van der Waals surface area contributed by atoms with Gasteiger partial charge in [-0.2, -0.15) is 0 Å². The first kappa shape index (κ1) is 15.9. The van der Waals surface area contributed by atoms with E-state index in [0.717, 1.165) is 16.8 Å². The van der Waals surface area contributed by atoms with E-state index in [1.54, 1.807) is 33.1 Å². The second-order valence-corrected chi connectivity index (χ2v) is 5.47. The van der Waals surface area contributed by atoms with E-state index in [2.05, 4.69) is 15.6 Å². The summed E-state index contributed by atoms with van der Waals surface area (Å²) in [5.41, 5.74) is 2.93. The highest BCUT2D eigenvalue weighted by Gasteiger charge is 2.15. The van der Waals surface area contributed by atoms with E-state index >= 15 is 0 Å². The molecule has 0 fully saturated rings. The Morgan fingerprint density at radius 3 is 2.83 bits per heavy atom. The van der Waals surface area contributed by atoms with Crippen molar-refractivity contribution < 1.29 is 13.9 Å². The number of nitrogens with zero attached hydrogens (tertiary/aromatic N) is 1. The average Bonchev–Trinajstić information content (AvgIpc) is 2.94. The van der Waals surface area contributed by atoms with Gasteiger partial charge < -0.3 is 19.8 Å². The summed E-state index contributed by atoms with van der Waals surface area (Å²) >= 11 is 0. The molecule has 2 aromatic carbocycles. The molecule has 0 saturated heterocycles. The maximum Gasteiger partial charge on any atom is 0.246 e. The number of rotatable bonds is 5. The molecule has 0 spiro atoms. The molecular weight excluding hydrogens is 306 g/mol. The second-order valence-electron chi connectivity index (χ2n) is 5.47. The van der Waals surface area contributed by atoms with Crippen molar-refractivity contribution in [1.82, 2.24) is 4.98 Å². The molecule has 0 aliphatic rings. The van der Waals surface area contributed by atoms with E-state index in [4.69, 9.17) is 9.15 Å². The molecule has 1 aromatic heterocycles. The predicted molar refractivity (Wildman–Crippen MR) is 93.5 cm³/mol. The molecule has 0 saturated carbocycles. The van der Waals surface area contributed by atoms with E-state index in [0.29, 0.717) is 17.3 Å². The number of carbonyl (C=O) groups is 1. The fourth-order valence-corrected chi connectivity index (χ4v) is 2.44. The number of fused-ring (bicyclic) bond motifs is 1. The molecule has 6 nitrogen and oxygen atoms in total. The Morgan fingerprint density at radius 1 is 1.25 bits per heavy atom. The third-order valence-electron chi connectivity index (χ3n) is 3.64. The first-order valence-electron chi connectivity index (χ1n) is 7.64. The lowest BCUT2D eigenvalue weighted by atomic mass is 10.2. The Kier molecular flexibility index (Phi) is 4.37. The van der Waals surface area contributed by atoms with E-state index < -0.39 is 6.04 Å². The Balaban J connectivity index is 1.70. The summed E-state index contributed by atoms with van der Waals surface area (Å²) < 4.78 is 10.7. The Hall–Kier alpha value is -3.02. The number of para-hydroxylation sites is 2. The molecular formula is C18H19N3O3. The number of methoxy groups -OCH3 is 1. The van der Waals surface area contributed by atoms with Crippen LogP contribution in [0.25, 0.3) is 11.1 Å². The van der Waals surface area contributed by atoms with Crippen molar-refractivity contribution >= 4 is 28.4 Å². The van der Waals surface area contributed by atoms with Gasteiger partial charge in [0.05, 0.1) is 12.8 Å². The van der Waals surface area contributed by atoms with Crippen LogP contribution in [0.15, 0.2) is 46.9 Å². The smallest absolute Gasteiger partial charge is 0.246 e. The highest BCUT2D eigenvalue weighted by molar-refractivity contribution is 5.97. The first-order chi connectivity index (χ1) is 11.6. The van der Waals surface area contributed by atoms with Crippen LogP contribution in [0.3, 0.4) is 0 Å². The Morgan fingerprint density at radius 2 is 2.04 bits per heavy atom. The average molecular weight is 325 g/mol. The zero-order valence-electron chi connectivity index (χ0n) is 13.8. The molecule has 0 radical (unpaired) electrons. The van der Waals surface area contributed by atoms with Crippen molar-refractivity contribution in [3.63, 3.8) is 0 Å². The minimum atomic E-state index is -0.430. The normalized spacial score (nSPS) is 12.0. The molecule has 1 atom stereocenters. The molecule has 0 unspecified atom stereocenters. The molecule has 3 rings (SSSR count). The van der Waals surface area contributed by atoms with Gasteiger partial charge in [0.25, 0.3) is 0 Å². The predicted octanol–water partition coefficient (Wildman–Crippen LogP) is 3.58. The van der Waals surface area contributed by atoms with Gasteiger partial charge in [-0.15, -0.1) is 0 Å². The Bertz CT molecular complexity index is 873. The fourth-order valence-electron chi connectivity index (χ4n) is 2.44. The van der Waals surface area contributed by atoms with Crippen LogP contribution in [0.1, 0.15) is 12.8 Å². The van der Waals surface area contributed by atoms with Crippen LogP contribution in [-0.4, -0.2) is 24.0 Å². The number of nitrogens with one attached hydrogen (secondary N) is 2. The third kappa shape index (κ3) is 3.32. The van der Waals surface area contributed by atoms with E-state index in [-0.39, 0.29) is 5.91 Å².